The highest BCUT2D eigenvalue weighted by Gasteiger charge is 2.52. The molecular weight excluding hydrogens is 631 g/mol. The largest absolute Gasteiger partial charge is 0.351 e. The number of nitrogens with one attached hydrogen (secondary N) is 1. The van der Waals surface area contributed by atoms with Gasteiger partial charge in [0.2, 0.25) is 0 Å². The van der Waals surface area contributed by atoms with Crippen molar-refractivity contribution in [1.29, 1.82) is 0 Å². The minimum atomic E-state index is -1.12. The maximum absolute atomic E-state index is 7.24. The first-order valence-electron chi connectivity index (χ1n) is 15.8. The summed E-state index contributed by atoms with van der Waals surface area (Å²) in [4.78, 5) is 5.14. The molecule has 2 heterocycles. The van der Waals surface area contributed by atoms with Gasteiger partial charge in [-0.1, -0.05) is 181 Å². The summed E-state index contributed by atoms with van der Waals surface area (Å²) in [5, 5.41) is 7.53. The van der Waals surface area contributed by atoms with E-state index in [-0.39, 0.29) is 0 Å². The van der Waals surface area contributed by atoms with Crippen LogP contribution < -0.4 is 10.3 Å². The van der Waals surface area contributed by atoms with E-state index < -0.39 is 5.66 Å². The van der Waals surface area contributed by atoms with Crippen LogP contribution >= 0.6 is 23.2 Å². The topological polar surface area (TPSA) is 33.1 Å². The zero-order valence-electron chi connectivity index (χ0n) is 25.8. The van der Waals surface area contributed by atoms with Gasteiger partial charge in [-0.15, -0.1) is 0 Å². The zero-order chi connectivity index (χ0) is 32.5. The third-order valence-corrected chi connectivity index (χ3v) is 9.43. The molecule has 0 amide bonds. The lowest BCUT2D eigenvalue weighted by molar-refractivity contribution is 0.424. The predicted octanol–water partition coefficient (Wildman–Crippen LogP) is 10.5. The molecule has 48 heavy (non-hydrogen) atoms. The molecule has 0 radical (unpaired) electrons. The number of hydrogen-bond donors (Lipinski definition) is 1. The van der Waals surface area contributed by atoms with Crippen LogP contribution in [0.15, 0.2) is 176 Å². The number of rotatable bonds is 7. The van der Waals surface area contributed by atoms with Gasteiger partial charge in [-0.05, 0) is 17.7 Å². The van der Waals surface area contributed by atoms with Crippen molar-refractivity contribution in [3.8, 4) is 22.5 Å². The number of hydrogen-bond acceptors (Lipinski definition) is 3. The highest BCUT2D eigenvalue weighted by molar-refractivity contribution is 6.32. The Bertz CT molecular complexity index is 2190. The fraction of sp³-hybridized carbons (Fsp3) is 0.0238. The molecule has 0 unspecified atom stereocenters. The van der Waals surface area contributed by atoms with Crippen molar-refractivity contribution in [1.82, 2.24) is 15.0 Å². The Balaban J connectivity index is 1.55. The minimum absolute atomic E-state index is 0.598. The summed E-state index contributed by atoms with van der Waals surface area (Å²) in [6, 6.07) is 57.5. The van der Waals surface area contributed by atoms with Crippen LogP contribution in [-0.4, -0.2) is 9.66 Å². The maximum Gasteiger partial charge on any atom is 0.185 e. The van der Waals surface area contributed by atoms with Gasteiger partial charge in [-0.2, -0.15) is 0 Å². The Labute approximate surface area is 290 Å². The van der Waals surface area contributed by atoms with E-state index >= 15 is 0 Å². The molecule has 0 atom stereocenters. The van der Waals surface area contributed by atoms with E-state index in [1.54, 1.807) is 0 Å². The van der Waals surface area contributed by atoms with Gasteiger partial charge in [0.05, 0.1) is 22.8 Å². The Hall–Kier alpha value is -5.55. The van der Waals surface area contributed by atoms with Gasteiger partial charge < -0.3 is 5.32 Å². The molecule has 0 saturated carbocycles. The van der Waals surface area contributed by atoms with Crippen LogP contribution in [-0.2, 0) is 5.66 Å². The van der Waals surface area contributed by atoms with Crippen molar-refractivity contribution in [2.75, 3.05) is 5.01 Å². The maximum atomic E-state index is 7.24. The first-order chi connectivity index (χ1) is 23.7. The van der Waals surface area contributed by atoms with Crippen molar-refractivity contribution in [3.05, 3.63) is 208 Å². The van der Waals surface area contributed by atoms with E-state index in [2.05, 4.69) is 112 Å². The monoisotopic (exact) mass is 660 g/mol. The molecule has 1 aromatic heterocycles. The van der Waals surface area contributed by atoms with E-state index in [9.17, 15) is 0 Å². The summed E-state index contributed by atoms with van der Waals surface area (Å²) >= 11 is 14.5. The third-order valence-electron chi connectivity index (χ3n) is 8.77. The van der Waals surface area contributed by atoms with Crippen molar-refractivity contribution in [3.63, 3.8) is 0 Å². The molecule has 1 aliphatic rings. The van der Waals surface area contributed by atoms with Crippen LogP contribution in [0.4, 0.5) is 0 Å². The fourth-order valence-corrected chi connectivity index (χ4v) is 7.24. The second-order valence-electron chi connectivity index (χ2n) is 11.6. The van der Waals surface area contributed by atoms with Gasteiger partial charge in [0.1, 0.15) is 6.33 Å². The van der Waals surface area contributed by atoms with E-state index in [0.717, 1.165) is 56.2 Å². The third kappa shape index (κ3) is 4.98. The molecular formula is C42H30Cl2N4. The smallest absolute Gasteiger partial charge is 0.185 e. The summed E-state index contributed by atoms with van der Waals surface area (Å²) in [7, 11) is 0. The number of nitrogens with zero attached hydrogens (tertiary/aromatic N) is 3. The SMILES string of the molecule is Clc1ccccc1C1(c2ccccc2Cl)NC(c2ccccc2)=C(c2ccccc2)N1n1cnc(-c2ccccc2)c1-c1ccccc1. The van der Waals surface area contributed by atoms with E-state index in [0.29, 0.717) is 10.0 Å². The molecule has 7 aromatic rings. The van der Waals surface area contributed by atoms with Crippen molar-refractivity contribution in [2.24, 2.45) is 0 Å². The second-order valence-corrected chi connectivity index (χ2v) is 12.4. The van der Waals surface area contributed by atoms with E-state index in [1.165, 1.54) is 0 Å². The summed E-state index contributed by atoms with van der Waals surface area (Å²) in [6.07, 6.45) is 1.91. The number of benzene rings is 6. The fourth-order valence-electron chi connectivity index (χ4n) is 6.69. The molecule has 8 rings (SSSR count). The summed E-state index contributed by atoms with van der Waals surface area (Å²) in [5.74, 6) is 0. The molecule has 6 heteroatoms. The summed E-state index contributed by atoms with van der Waals surface area (Å²) < 4.78 is 2.16. The predicted molar refractivity (Wildman–Crippen MR) is 198 cm³/mol. The van der Waals surface area contributed by atoms with Crippen molar-refractivity contribution >= 4 is 34.6 Å². The lowest BCUT2D eigenvalue weighted by Gasteiger charge is -2.43. The molecule has 6 aromatic carbocycles. The van der Waals surface area contributed by atoms with Crippen LogP contribution in [0, 0.1) is 0 Å². The highest BCUT2D eigenvalue weighted by Crippen LogP contribution is 2.51. The number of halogens is 2. The molecule has 232 valence electrons. The van der Waals surface area contributed by atoms with Crippen LogP contribution in [0.1, 0.15) is 22.3 Å². The molecule has 1 aliphatic heterocycles. The lowest BCUT2D eigenvalue weighted by atomic mass is 9.90. The van der Waals surface area contributed by atoms with Gasteiger partial charge >= 0.3 is 0 Å². The lowest BCUT2D eigenvalue weighted by Crippen LogP contribution is -2.55. The first-order valence-corrected chi connectivity index (χ1v) is 16.5. The van der Waals surface area contributed by atoms with E-state index in [1.807, 2.05) is 79.1 Å². The van der Waals surface area contributed by atoms with E-state index in [4.69, 9.17) is 28.2 Å². The van der Waals surface area contributed by atoms with Gasteiger partial charge in [0, 0.05) is 37.9 Å². The van der Waals surface area contributed by atoms with Crippen LogP contribution in [0.5, 0.6) is 0 Å². The first kappa shape index (κ1) is 29.8. The Morgan fingerprint density at radius 3 is 1.44 bits per heavy atom. The van der Waals surface area contributed by atoms with Crippen molar-refractivity contribution in [2.45, 2.75) is 5.66 Å². The van der Waals surface area contributed by atoms with Gasteiger partial charge in [-0.25, -0.2) is 14.7 Å². The minimum Gasteiger partial charge on any atom is -0.351 e. The Kier molecular flexibility index (Phi) is 7.81. The number of imidazole rings is 1. The van der Waals surface area contributed by atoms with Gasteiger partial charge in [-0.3, -0.25) is 0 Å². The molecule has 0 bridgehead atoms. The molecule has 0 aliphatic carbocycles. The summed E-state index contributed by atoms with van der Waals surface area (Å²) in [6.45, 7) is 0. The molecule has 4 nitrogen and oxygen atoms in total. The Morgan fingerprint density at radius 1 is 0.479 bits per heavy atom. The van der Waals surface area contributed by atoms with Crippen molar-refractivity contribution < 1.29 is 0 Å². The molecule has 1 N–H and O–H groups in total. The average molecular weight is 662 g/mol. The molecule has 0 saturated heterocycles. The van der Waals surface area contributed by atoms with Gasteiger partial charge in [0.15, 0.2) is 5.66 Å². The average Bonchev–Trinajstić information content (AvgIpc) is 3.74. The standard InChI is InChI=1S/C42H30Cl2N4/c43-36-27-15-13-25-34(36)42(35-26-14-16-28-37(35)44)46-39(31-19-7-2-8-20-31)41(33-23-11-4-12-24-33)48(42)47-29-45-38(30-17-5-1-6-18-30)40(47)32-21-9-3-10-22-32/h1-29,46H. The van der Waals surface area contributed by atoms with Crippen LogP contribution in [0.25, 0.3) is 33.9 Å². The van der Waals surface area contributed by atoms with Gasteiger partial charge in [0.25, 0.3) is 0 Å². The highest BCUT2D eigenvalue weighted by atomic mass is 35.5. The summed E-state index contributed by atoms with van der Waals surface area (Å²) in [5.41, 5.74) is 8.27. The number of aromatic nitrogens is 2. The Morgan fingerprint density at radius 2 is 0.917 bits per heavy atom. The quantitative estimate of drug-likeness (QED) is 0.185. The second kappa shape index (κ2) is 12.6. The van der Waals surface area contributed by atoms with Crippen LogP contribution in [0.3, 0.4) is 0 Å². The molecule has 0 spiro atoms. The normalized spacial score (nSPS) is 13.8. The molecule has 0 fully saturated rings. The van der Waals surface area contributed by atoms with Crippen LogP contribution in [0.2, 0.25) is 10.0 Å². The zero-order valence-corrected chi connectivity index (χ0v) is 27.4.